The summed E-state index contributed by atoms with van der Waals surface area (Å²) in [7, 11) is 2.17. The Morgan fingerprint density at radius 1 is 0.698 bits per heavy atom. The third-order valence-corrected chi connectivity index (χ3v) is 7.61. The van der Waals surface area contributed by atoms with Gasteiger partial charge in [0.1, 0.15) is 25.3 Å². The number of aromatic nitrogens is 2. The average molecular weight is 580 g/mol. The number of anilines is 2. The van der Waals surface area contributed by atoms with E-state index in [1.807, 2.05) is 44.4 Å². The molecule has 8 nitrogen and oxygen atoms in total. The average Bonchev–Trinajstić information content (AvgIpc) is 3.02. The van der Waals surface area contributed by atoms with E-state index in [1.54, 1.807) is 5.01 Å². The number of rotatable bonds is 9. The molecule has 5 rings (SSSR count). The first kappa shape index (κ1) is 31.8. The number of hydrogen-bond donors (Lipinski definition) is 1. The van der Waals surface area contributed by atoms with Gasteiger partial charge >= 0.3 is 0 Å². The number of nitrogens with zero attached hydrogens (tertiary/aromatic N) is 7. The van der Waals surface area contributed by atoms with E-state index in [-0.39, 0.29) is 0 Å². The smallest absolute Gasteiger partial charge is 0.149 e. The molecule has 2 N–H and O–H groups in total. The molecule has 1 saturated heterocycles. The van der Waals surface area contributed by atoms with Crippen LogP contribution in [-0.2, 0) is 12.8 Å². The van der Waals surface area contributed by atoms with Gasteiger partial charge in [0, 0.05) is 49.8 Å². The molecule has 4 aromatic rings. The molecule has 2 aromatic carbocycles. The molecule has 43 heavy (non-hydrogen) atoms. The maximum absolute atomic E-state index is 6.04. The number of benzene rings is 2. The molecule has 0 radical (unpaired) electrons. The number of nitrogens with two attached hydrogens (primary N) is 1. The van der Waals surface area contributed by atoms with Gasteiger partial charge in [0.05, 0.1) is 10.9 Å². The maximum atomic E-state index is 6.04. The molecule has 3 heterocycles. The van der Waals surface area contributed by atoms with Crippen molar-refractivity contribution < 1.29 is 4.70 Å². The van der Waals surface area contributed by atoms with Gasteiger partial charge < -0.3 is 5.01 Å². The van der Waals surface area contributed by atoms with Crippen molar-refractivity contribution in [3.05, 3.63) is 119 Å². The highest BCUT2D eigenvalue weighted by molar-refractivity contribution is 5.47. The number of aryl methyl sites for hydroxylation is 4. The molecule has 0 unspecified atom stereocenters. The first-order chi connectivity index (χ1) is 20.7. The van der Waals surface area contributed by atoms with Crippen LogP contribution in [0.1, 0.15) is 33.6 Å². The first-order valence-electron chi connectivity index (χ1n) is 15.2. The van der Waals surface area contributed by atoms with Gasteiger partial charge in [0.25, 0.3) is 0 Å². The van der Waals surface area contributed by atoms with Crippen LogP contribution in [0.5, 0.6) is 0 Å². The highest BCUT2D eigenvalue weighted by Gasteiger charge is 2.19. The topological polar surface area (TPSA) is 76.9 Å². The molecule has 1 fully saturated rings. The number of pyridine rings is 2. The normalized spacial score (nSPS) is 13.2. The van der Waals surface area contributed by atoms with Gasteiger partial charge in [-0.05, 0) is 88.7 Å². The van der Waals surface area contributed by atoms with Gasteiger partial charge in [0.15, 0.2) is 0 Å². The number of piperazine rings is 1. The maximum Gasteiger partial charge on any atom is 0.149 e. The van der Waals surface area contributed by atoms with E-state index < -0.39 is 0 Å². The van der Waals surface area contributed by atoms with E-state index >= 15 is 0 Å². The molecule has 1 aliphatic heterocycles. The Morgan fingerprint density at radius 3 is 1.67 bits per heavy atom. The van der Waals surface area contributed by atoms with Crippen molar-refractivity contribution in [3.63, 3.8) is 0 Å². The highest BCUT2D eigenvalue weighted by atomic mass is 15.6. The van der Waals surface area contributed by atoms with Crippen molar-refractivity contribution in [1.29, 1.82) is 0 Å². The van der Waals surface area contributed by atoms with Gasteiger partial charge in [-0.2, -0.15) is 4.70 Å². The molecule has 226 valence electrons. The zero-order valence-electron chi connectivity index (χ0n) is 26.4. The second-order valence-electron chi connectivity index (χ2n) is 11.4. The summed E-state index contributed by atoms with van der Waals surface area (Å²) in [6.45, 7) is 13.9. The molecule has 0 saturated carbocycles. The molecule has 0 bridgehead atoms. The summed E-state index contributed by atoms with van der Waals surface area (Å²) in [4.78, 5) is 11.0. The second-order valence-corrected chi connectivity index (χ2v) is 11.4. The highest BCUT2D eigenvalue weighted by Crippen LogP contribution is 2.17. The lowest BCUT2D eigenvalue weighted by atomic mass is 10.2. The van der Waals surface area contributed by atoms with Crippen molar-refractivity contribution in [2.24, 2.45) is 11.1 Å². The fraction of sp³-hybridized carbons (Fsp3) is 0.371. The van der Waals surface area contributed by atoms with Crippen molar-refractivity contribution in [1.82, 2.24) is 14.9 Å². The van der Waals surface area contributed by atoms with Crippen LogP contribution in [0, 0.1) is 27.7 Å². The molecule has 0 spiro atoms. The minimum absolute atomic E-state index is 0.786. The van der Waals surface area contributed by atoms with Crippen LogP contribution in [-0.4, -0.2) is 65.9 Å². The zero-order chi connectivity index (χ0) is 30.6. The summed E-state index contributed by atoms with van der Waals surface area (Å²) in [5, 5.41) is 8.83. The molecule has 1 aliphatic rings. The predicted octanol–water partition coefficient (Wildman–Crippen LogP) is 5.69. The molecule has 2 aromatic heterocycles. The lowest BCUT2D eigenvalue weighted by molar-refractivity contribution is -0.604. The minimum Gasteiger partial charge on any atom is -0.311 e. The Balaban J connectivity index is 0.000000208. The Bertz CT molecular complexity index is 1410. The quantitative estimate of drug-likeness (QED) is 0.156. The van der Waals surface area contributed by atoms with E-state index in [0.717, 1.165) is 74.9 Å². The van der Waals surface area contributed by atoms with Crippen LogP contribution in [0.25, 0.3) is 0 Å². The zero-order valence-corrected chi connectivity index (χ0v) is 26.4. The summed E-state index contributed by atoms with van der Waals surface area (Å²) in [6, 6.07) is 25.2. The van der Waals surface area contributed by atoms with Crippen LogP contribution in [0.2, 0.25) is 0 Å². The number of hydrogen-bond acceptors (Lipinski definition) is 6. The van der Waals surface area contributed by atoms with E-state index in [2.05, 4.69) is 100 Å². The van der Waals surface area contributed by atoms with Crippen LogP contribution in [0.15, 0.2) is 90.4 Å². The number of likely N-dealkylation sites (N-methyl/N-ethyl adjacent to an activating group) is 1. The third kappa shape index (κ3) is 10.6. The molecule has 0 amide bonds. The lowest BCUT2D eigenvalue weighted by Crippen LogP contribution is -2.40. The van der Waals surface area contributed by atoms with Crippen molar-refractivity contribution >= 4 is 11.4 Å². The minimum atomic E-state index is 0.786. The van der Waals surface area contributed by atoms with E-state index in [1.165, 1.54) is 22.3 Å². The molecule has 0 aliphatic carbocycles. The van der Waals surface area contributed by atoms with Gasteiger partial charge in [-0.3, -0.25) is 14.9 Å². The lowest BCUT2D eigenvalue weighted by Gasteiger charge is -2.22. The van der Waals surface area contributed by atoms with Crippen LogP contribution in [0.3, 0.4) is 0 Å². The van der Waals surface area contributed by atoms with Gasteiger partial charge in [-0.25, -0.2) is 5.84 Å². The second kappa shape index (κ2) is 15.9. The fourth-order valence-electron chi connectivity index (χ4n) is 4.62. The van der Waals surface area contributed by atoms with Gasteiger partial charge in [0.2, 0.25) is 0 Å². The summed E-state index contributed by atoms with van der Waals surface area (Å²) < 4.78 is 2.19. The summed E-state index contributed by atoms with van der Waals surface area (Å²) in [6.07, 6.45) is 5.72. The van der Waals surface area contributed by atoms with E-state index in [0.29, 0.717) is 0 Å². The van der Waals surface area contributed by atoms with E-state index in [9.17, 15) is 0 Å². The van der Waals surface area contributed by atoms with Crippen LogP contribution in [0.4, 0.5) is 11.4 Å². The van der Waals surface area contributed by atoms with Crippen molar-refractivity contribution in [2.45, 2.75) is 40.5 Å². The fourth-order valence-corrected chi connectivity index (χ4v) is 4.62. The first-order valence-corrected chi connectivity index (χ1v) is 15.2. The van der Waals surface area contributed by atoms with Crippen LogP contribution < -0.4 is 15.9 Å². The molecule has 0 atom stereocenters. The molecular formula is C35H47N8+. The Morgan fingerprint density at radius 2 is 1.19 bits per heavy atom. The molecule has 8 heteroatoms. The largest absolute Gasteiger partial charge is 0.311 e. The number of hydrazine groups is 1. The third-order valence-electron chi connectivity index (χ3n) is 7.61. The SMILES string of the molecule is Cc1ccc(N(CCc2ccc(C)nc2)N=[N+]2CCN(C)CC2)cc1.Cc1ccc(N(N)CCc2ccc(C)nc2)cc1. The predicted molar refractivity (Wildman–Crippen MR) is 177 cm³/mol. The monoisotopic (exact) mass is 579 g/mol. The summed E-state index contributed by atoms with van der Waals surface area (Å²) in [5.74, 6) is 6.04. The van der Waals surface area contributed by atoms with Gasteiger partial charge in [-0.1, -0.05) is 47.5 Å². The van der Waals surface area contributed by atoms with Crippen molar-refractivity contribution in [3.8, 4) is 0 Å². The summed E-state index contributed by atoms with van der Waals surface area (Å²) >= 11 is 0. The Hall–Kier alpha value is -4.14. The Labute approximate surface area is 257 Å². The summed E-state index contributed by atoms with van der Waals surface area (Å²) in [5.41, 5.74) is 9.26. The van der Waals surface area contributed by atoms with E-state index in [4.69, 9.17) is 11.1 Å². The Kier molecular flexibility index (Phi) is 11.8. The van der Waals surface area contributed by atoms with Crippen LogP contribution >= 0.6 is 0 Å². The van der Waals surface area contributed by atoms with Crippen molar-refractivity contribution in [2.75, 3.05) is 56.3 Å². The molecular weight excluding hydrogens is 532 g/mol. The standard InChI is InChI=1S/C20H28N5.C15H19N3/c1-17-4-8-20(9-5-17)25(22-24-14-12-23(3)13-15-24)11-10-19-7-6-18(2)21-16-19;1-12-3-7-15(8-4-12)18(16)10-9-14-6-5-13(2)17-11-14/h4-9,16H,10-15H2,1-3H3;3-8,11H,9-10,16H2,1-2H3/q+1;. The van der Waals surface area contributed by atoms with Gasteiger partial charge in [-0.15, -0.1) is 5.01 Å².